The Hall–Kier alpha value is -2.36. The zero-order chi connectivity index (χ0) is 18.6. The van der Waals surface area contributed by atoms with Crippen molar-refractivity contribution in [3.8, 4) is 0 Å². The average Bonchev–Trinajstić information content (AvgIpc) is 2.50. The summed E-state index contributed by atoms with van der Waals surface area (Å²) in [4.78, 5) is 20.6. The Morgan fingerprint density at radius 1 is 1.28 bits per heavy atom. The number of nitrogens with one attached hydrogen (secondary N) is 3. The summed E-state index contributed by atoms with van der Waals surface area (Å²) in [6.45, 7) is 1.76. The van der Waals surface area contributed by atoms with Gasteiger partial charge in [0, 0.05) is 6.20 Å². The van der Waals surface area contributed by atoms with Crippen LogP contribution in [0.2, 0.25) is 5.15 Å². The molecule has 2 rings (SSSR count). The van der Waals surface area contributed by atoms with E-state index in [4.69, 9.17) is 11.6 Å². The van der Waals surface area contributed by atoms with Crippen molar-refractivity contribution in [3.63, 3.8) is 0 Å². The third kappa shape index (κ3) is 5.05. The lowest BCUT2D eigenvalue weighted by atomic mass is 10.1. The number of aryl methyl sites for hydroxylation is 1. The maximum absolute atomic E-state index is 12.1. The number of para-hydroxylation sites is 1. The summed E-state index contributed by atoms with van der Waals surface area (Å²) in [7, 11) is -2.18. The van der Waals surface area contributed by atoms with Crippen LogP contribution in [0.25, 0.3) is 0 Å². The fourth-order valence-corrected chi connectivity index (χ4v) is 2.90. The molecule has 8 nitrogen and oxygen atoms in total. The lowest BCUT2D eigenvalue weighted by Crippen LogP contribution is -2.23. The Morgan fingerprint density at radius 3 is 2.64 bits per heavy atom. The first-order valence-corrected chi connectivity index (χ1v) is 9.31. The summed E-state index contributed by atoms with van der Waals surface area (Å²) in [5.74, 6) is -0.528. The van der Waals surface area contributed by atoms with E-state index < -0.39 is 15.9 Å². The number of rotatable bonds is 6. The zero-order valence-corrected chi connectivity index (χ0v) is 15.3. The van der Waals surface area contributed by atoms with Crippen LogP contribution in [0.15, 0.2) is 30.5 Å². The van der Waals surface area contributed by atoms with Gasteiger partial charge in [-0.25, -0.2) is 18.9 Å². The van der Waals surface area contributed by atoms with Gasteiger partial charge in [0.2, 0.25) is 10.0 Å². The van der Waals surface area contributed by atoms with E-state index in [0.29, 0.717) is 22.6 Å². The highest BCUT2D eigenvalue weighted by atomic mass is 35.5. The number of benzene rings is 1. The van der Waals surface area contributed by atoms with Crippen LogP contribution in [-0.2, 0) is 14.9 Å². The Balaban J connectivity index is 2.48. The quantitative estimate of drug-likeness (QED) is 0.521. The number of aromatic nitrogens is 1. The van der Waals surface area contributed by atoms with Gasteiger partial charge in [-0.1, -0.05) is 23.7 Å². The molecule has 1 aromatic carbocycles. The van der Waals surface area contributed by atoms with Crippen molar-refractivity contribution < 1.29 is 18.0 Å². The second-order valence-corrected chi connectivity index (χ2v) is 7.32. The van der Waals surface area contributed by atoms with Crippen LogP contribution in [0, 0.1) is 6.92 Å². The fourth-order valence-electron chi connectivity index (χ4n) is 2.10. The molecule has 0 aliphatic carbocycles. The van der Waals surface area contributed by atoms with E-state index in [9.17, 15) is 13.2 Å². The van der Waals surface area contributed by atoms with Gasteiger partial charge in [-0.05, 0) is 24.6 Å². The van der Waals surface area contributed by atoms with Gasteiger partial charge in [0.05, 0.1) is 36.0 Å². The second kappa shape index (κ2) is 7.68. The predicted octanol–water partition coefficient (Wildman–Crippen LogP) is 2.45. The van der Waals surface area contributed by atoms with Crippen molar-refractivity contribution in [1.82, 2.24) is 10.5 Å². The number of hydrogen-bond donors (Lipinski definition) is 3. The Labute approximate surface area is 150 Å². The van der Waals surface area contributed by atoms with Crippen LogP contribution in [0.3, 0.4) is 0 Å². The van der Waals surface area contributed by atoms with Crippen molar-refractivity contribution in [2.45, 2.75) is 6.92 Å². The van der Waals surface area contributed by atoms with Crippen molar-refractivity contribution in [2.75, 3.05) is 23.4 Å². The largest absolute Gasteiger partial charge is 0.353 e. The highest BCUT2D eigenvalue weighted by Gasteiger charge is 2.16. The predicted molar refractivity (Wildman–Crippen MR) is 96.7 cm³/mol. The van der Waals surface area contributed by atoms with E-state index in [1.54, 1.807) is 25.1 Å². The van der Waals surface area contributed by atoms with E-state index in [2.05, 4.69) is 25.3 Å². The summed E-state index contributed by atoms with van der Waals surface area (Å²) in [6.07, 6.45) is 2.35. The smallest absolute Gasteiger partial charge is 0.278 e. The molecule has 0 aliphatic rings. The van der Waals surface area contributed by atoms with Crippen molar-refractivity contribution in [2.24, 2.45) is 0 Å². The standard InChI is InChI=1S/C15H17ClN4O4S/c1-9-5-4-6-11(14(9)20-25(3,22)23)18-12-7-13(16)17-8-10(12)15(21)19-24-2/h4-8,20H,1-3H3,(H,17,18)(H,19,21). The lowest BCUT2D eigenvalue weighted by molar-refractivity contribution is 0.0538. The molecule has 1 aromatic heterocycles. The summed E-state index contributed by atoms with van der Waals surface area (Å²) in [5.41, 5.74) is 4.26. The zero-order valence-electron chi connectivity index (χ0n) is 13.8. The fraction of sp³-hybridized carbons (Fsp3) is 0.200. The molecule has 0 saturated carbocycles. The second-order valence-electron chi connectivity index (χ2n) is 5.18. The number of sulfonamides is 1. The van der Waals surface area contributed by atoms with Gasteiger partial charge in [-0.2, -0.15) is 0 Å². The summed E-state index contributed by atoms with van der Waals surface area (Å²) >= 11 is 5.92. The highest BCUT2D eigenvalue weighted by Crippen LogP contribution is 2.31. The molecular weight excluding hydrogens is 368 g/mol. The van der Waals surface area contributed by atoms with Crippen LogP contribution < -0.4 is 15.5 Å². The van der Waals surface area contributed by atoms with E-state index in [-0.39, 0.29) is 10.7 Å². The minimum Gasteiger partial charge on any atom is -0.353 e. The van der Waals surface area contributed by atoms with Gasteiger partial charge in [-0.3, -0.25) is 14.4 Å². The van der Waals surface area contributed by atoms with E-state index in [1.165, 1.54) is 19.4 Å². The molecule has 0 atom stereocenters. The molecule has 0 radical (unpaired) electrons. The Bertz CT molecular complexity index is 902. The van der Waals surface area contributed by atoms with E-state index in [0.717, 1.165) is 6.26 Å². The van der Waals surface area contributed by atoms with E-state index >= 15 is 0 Å². The Kier molecular flexibility index (Phi) is 5.83. The van der Waals surface area contributed by atoms with Crippen molar-refractivity contribution in [3.05, 3.63) is 46.7 Å². The average molecular weight is 385 g/mol. The number of hydroxylamine groups is 1. The summed E-state index contributed by atoms with van der Waals surface area (Å²) in [5, 5.41) is 3.19. The molecule has 3 N–H and O–H groups in total. The van der Waals surface area contributed by atoms with Crippen molar-refractivity contribution in [1.29, 1.82) is 0 Å². The van der Waals surface area contributed by atoms with Crippen LogP contribution >= 0.6 is 11.6 Å². The molecule has 1 amide bonds. The van der Waals surface area contributed by atoms with Crippen molar-refractivity contribution >= 4 is 44.6 Å². The highest BCUT2D eigenvalue weighted by molar-refractivity contribution is 7.92. The molecule has 0 aliphatic heterocycles. The lowest BCUT2D eigenvalue weighted by Gasteiger charge is -2.17. The number of carbonyl (C=O) groups is 1. The monoisotopic (exact) mass is 384 g/mol. The number of pyridine rings is 1. The molecule has 0 saturated heterocycles. The summed E-state index contributed by atoms with van der Waals surface area (Å²) in [6, 6.07) is 6.64. The molecule has 1 heterocycles. The first kappa shape index (κ1) is 19.0. The van der Waals surface area contributed by atoms with Crippen LogP contribution in [-0.4, -0.2) is 32.7 Å². The molecule has 2 aromatic rings. The normalized spacial score (nSPS) is 11.0. The molecular formula is C15H17ClN4O4S. The van der Waals surface area contributed by atoms with Gasteiger partial charge in [-0.15, -0.1) is 0 Å². The molecule has 0 fully saturated rings. The molecule has 0 unspecified atom stereocenters. The first-order valence-electron chi connectivity index (χ1n) is 7.04. The van der Waals surface area contributed by atoms with Crippen LogP contribution in [0.5, 0.6) is 0 Å². The number of carbonyl (C=O) groups excluding carboxylic acids is 1. The minimum atomic E-state index is -3.49. The first-order chi connectivity index (χ1) is 11.7. The number of amides is 1. The van der Waals surface area contributed by atoms with Gasteiger partial charge in [0.1, 0.15) is 5.15 Å². The molecule has 0 bridgehead atoms. The van der Waals surface area contributed by atoms with Gasteiger partial charge in [0.15, 0.2) is 0 Å². The topological polar surface area (TPSA) is 109 Å². The van der Waals surface area contributed by atoms with Gasteiger partial charge >= 0.3 is 0 Å². The third-order valence-corrected chi connectivity index (χ3v) is 3.92. The SMILES string of the molecule is CONC(=O)c1cnc(Cl)cc1Nc1cccc(C)c1NS(C)(=O)=O. The maximum atomic E-state index is 12.1. The number of hydrogen-bond acceptors (Lipinski definition) is 6. The summed E-state index contributed by atoms with van der Waals surface area (Å²) < 4.78 is 25.7. The minimum absolute atomic E-state index is 0.168. The van der Waals surface area contributed by atoms with Gasteiger partial charge < -0.3 is 5.32 Å². The molecule has 134 valence electrons. The number of nitrogens with zero attached hydrogens (tertiary/aromatic N) is 1. The number of anilines is 3. The number of halogens is 1. The maximum Gasteiger partial charge on any atom is 0.278 e. The molecule has 10 heteroatoms. The molecule has 0 spiro atoms. The third-order valence-electron chi connectivity index (χ3n) is 3.14. The molecule has 25 heavy (non-hydrogen) atoms. The Morgan fingerprint density at radius 2 is 2.00 bits per heavy atom. The van der Waals surface area contributed by atoms with Crippen LogP contribution in [0.4, 0.5) is 17.1 Å². The van der Waals surface area contributed by atoms with Crippen LogP contribution in [0.1, 0.15) is 15.9 Å². The van der Waals surface area contributed by atoms with E-state index in [1.807, 2.05) is 0 Å². The van der Waals surface area contributed by atoms with Gasteiger partial charge in [0.25, 0.3) is 5.91 Å².